The Kier molecular flexibility index (Phi) is 5.35. The first-order valence-electron chi connectivity index (χ1n) is 6.85. The highest BCUT2D eigenvalue weighted by Crippen LogP contribution is 2.07. The number of ether oxygens (including phenoxy) is 1. The van der Waals surface area contributed by atoms with Crippen LogP contribution in [0.15, 0.2) is 12.4 Å². The van der Waals surface area contributed by atoms with Crippen LogP contribution in [0.4, 0.5) is 0 Å². The molecule has 6 heteroatoms. The van der Waals surface area contributed by atoms with E-state index in [0.717, 1.165) is 32.4 Å². The van der Waals surface area contributed by atoms with Crippen LogP contribution < -0.4 is 10.6 Å². The summed E-state index contributed by atoms with van der Waals surface area (Å²) in [7, 11) is 1.81. The van der Waals surface area contributed by atoms with E-state index in [1.165, 1.54) is 0 Å². The fourth-order valence-corrected chi connectivity index (χ4v) is 2.15. The lowest BCUT2D eigenvalue weighted by atomic mass is 10.1. The van der Waals surface area contributed by atoms with Crippen LogP contribution in [0.5, 0.6) is 0 Å². The summed E-state index contributed by atoms with van der Waals surface area (Å²) < 4.78 is 7.48. The Morgan fingerprint density at radius 1 is 1.58 bits per heavy atom. The zero-order chi connectivity index (χ0) is 13.5. The Morgan fingerprint density at radius 2 is 2.37 bits per heavy atom. The lowest BCUT2D eigenvalue weighted by Crippen LogP contribution is -2.33. The summed E-state index contributed by atoms with van der Waals surface area (Å²) in [5, 5.41) is 6.15. The van der Waals surface area contributed by atoms with Crippen molar-refractivity contribution in [3.05, 3.63) is 18.2 Å². The lowest BCUT2D eigenvalue weighted by Gasteiger charge is -2.22. The van der Waals surface area contributed by atoms with Crippen LogP contribution in [-0.2, 0) is 11.8 Å². The van der Waals surface area contributed by atoms with Gasteiger partial charge in [0.05, 0.1) is 6.10 Å². The molecule has 1 amide bonds. The summed E-state index contributed by atoms with van der Waals surface area (Å²) >= 11 is 0. The predicted octanol–water partition coefficient (Wildman–Crippen LogP) is 0.309. The molecule has 2 N–H and O–H groups in total. The molecule has 6 nitrogen and oxygen atoms in total. The van der Waals surface area contributed by atoms with E-state index in [2.05, 4.69) is 15.6 Å². The van der Waals surface area contributed by atoms with Crippen molar-refractivity contribution in [2.75, 3.05) is 26.2 Å². The summed E-state index contributed by atoms with van der Waals surface area (Å²) in [6.07, 6.45) is 6.76. The Hall–Kier alpha value is -1.40. The third-order valence-electron chi connectivity index (χ3n) is 3.27. The third kappa shape index (κ3) is 4.33. The van der Waals surface area contributed by atoms with Gasteiger partial charge >= 0.3 is 0 Å². The highest BCUT2D eigenvalue weighted by molar-refractivity contribution is 5.90. The first-order chi connectivity index (χ1) is 9.27. The SMILES string of the molecule is Cn1ccnc1C(=O)NCCCOC1CCNCC1. The van der Waals surface area contributed by atoms with Crippen molar-refractivity contribution in [1.29, 1.82) is 0 Å². The summed E-state index contributed by atoms with van der Waals surface area (Å²) in [5.74, 6) is 0.314. The average Bonchev–Trinajstić information content (AvgIpc) is 2.86. The van der Waals surface area contributed by atoms with Crippen LogP contribution >= 0.6 is 0 Å². The molecule has 19 heavy (non-hydrogen) atoms. The summed E-state index contributed by atoms with van der Waals surface area (Å²) in [4.78, 5) is 15.7. The van der Waals surface area contributed by atoms with Gasteiger partial charge in [0.25, 0.3) is 5.91 Å². The molecule has 1 fully saturated rings. The minimum Gasteiger partial charge on any atom is -0.378 e. The van der Waals surface area contributed by atoms with E-state index in [1.807, 2.05) is 7.05 Å². The molecule has 0 aliphatic carbocycles. The number of hydrogen-bond donors (Lipinski definition) is 2. The van der Waals surface area contributed by atoms with Crippen molar-refractivity contribution in [2.45, 2.75) is 25.4 Å². The van der Waals surface area contributed by atoms with Gasteiger partial charge < -0.3 is 19.9 Å². The fraction of sp³-hybridized carbons (Fsp3) is 0.692. The molecule has 2 heterocycles. The topological polar surface area (TPSA) is 68.2 Å². The molecule has 0 spiro atoms. The molecule has 0 bridgehead atoms. The van der Waals surface area contributed by atoms with Crippen LogP contribution in [0, 0.1) is 0 Å². The van der Waals surface area contributed by atoms with E-state index >= 15 is 0 Å². The molecule has 0 radical (unpaired) electrons. The molecule has 1 aromatic heterocycles. The van der Waals surface area contributed by atoms with Gasteiger partial charge in [-0.1, -0.05) is 0 Å². The van der Waals surface area contributed by atoms with Gasteiger partial charge in [0.2, 0.25) is 0 Å². The van der Waals surface area contributed by atoms with Crippen LogP contribution in [0.25, 0.3) is 0 Å². The number of nitrogens with zero attached hydrogens (tertiary/aromatic N) is 2. The summed E-state index contributed by atoms with van der Waals surface area (Å²) in [6.45, 7) is 3.41. The zero-order valence-corrected chi connectivity index (χ0v) is 11.4. The van der Waals surface area contributed by atoms with Gasteiger partial charge in [0.15, 0.2) is 5.82 Å². The first kappa shape index (κ1) is 14.0. The maximum atomic E-state index is 11.7. The second-order valence-electron chi connectivity index (χ2n) is 4.79. The molecule has 1 aromatic rings. The molecular weight excluding hydrogens is 244 g/mol. The molecule has 106 valence electrons. The van der Waals surface area contributed by atoms with Gasteiger partial charge in [-0.25, -0.2) is 4.98 Å². The number of imidazole rings is 1. The van der Waals surface area contributed by atoms with Gasteiger partial charge in [0, 0.05) is 32.6 Å². The minimum absolute atomic E-state index is 0.130. The second kappa shape index (κ2) is 7.25. The number of rotatable bonds is 6. The number of aromatic nitrogens is 2. The molecule has 0 aromatic carbocycles. The number of piperidine rings is 1. The quantitative estimate of drug-likeness (QED) is 0.727. The molecule has 1 aliphatic heterocycles. The first-order valence-corrected chi connectivity index (χ1v) is 6.85. The predicted molar refractivity (Wildman–Crippen MR) is 72.0 cm³/mol. The van der Waals surface area contributed by atoms with Crippen LogP contribution in [-0.4, -0.2) is 47.8 Å². The van der Waals surface area contributed by atoms with E-state index in [1.54, 1.807) is 17.0 Å². The van der Waals surface area contributed by atoms with Crippen molar-refractivity contribution in [2.24, 2.45) is 7.05 Å². The molecule has 1 saturated heterocycles. The smallest absolute Gasteiger partial charge is 0.287 e. The molecule has 0 atom stereocenters. The van der Waals surface area contributed by atoms with Crippen LogP contribution in [0.2, 0.25) is 0 Å². The number of nitrogens with one attached hydrogen (secondary N) is 2. The molecular formula is C13H22N4O2. The summed E-state index contributed by atoms with van der Waals surface area (Å²) in [5.41, 5.74) is 0. The number of aryl methyl sites for hydroxylation is 1. The normalized spacial score (nSPS) is 16.5. The lowest BCUT2D eigenvalue weighted by molar-refractivity contribution is 0.0317. The molecule has 0 saturated carbocycles. The van der Waals surface area contributed by atoms with Crippen LogP contribution in [0.1, 0.15) is 29.9 Å². The second-order valence-corrected chi connectivity index (χ2v) is 4.79. The number of amides is 1. The fourth-order valence-electron chi connectivity index (χ4n) is 2.15. The van der Waals surface area contributed by atoms with Gasteiger partial charge in [-0.3, -0.25) is 4.79 Å². The highest BCUT2D eigenvalue weighted by Gasteiger charge is 2.13. The van der Waals surface area contributed by atoms with Crippen molar-refractivity contribution in [3.8, 4) is 0 Å². The summed E-state index contributed by atoms with van der Waals surface area (Å²) in [6, 6.07) is 0. The van der Waals surface area contributed by atoms with Crippen LogP contribution in [0.3, 0.4) is 0 Å². The molecule has 1 aliphatic rings. The maximum Gasteiger partial charge on any atom is 0.287 e. The van der Waals surface area contributed by atoms with Crippen molar-refractivity contribution in [1.82, 2.24) is 20.2 Å². The zero-order valence-electron chi connectivity index (χ0n) is 11.4. The third-order valence-corrected chi connectivity index (χ3v) is 3.27. The van der Waals surface area contributed by atoms with E-state index < -0.39 is 0 Å². The van der Waals surface area contributed by atoms with Crippen molar-refractivity contribution < 1.29 is 9.53 Å². The maximum absolute atomic E-state index is 11.7. The van der Waals surface area contributed by atoms with Gasteiger partial charge in [-0.2, -0.15) is 0 Å². The Labute approximate surface area is 113 Å². The number of carbonyl (C=O) groups is 1. The highest BCUT2D eigenvalue weighted by atomic mass is 16.5. The van der Waals surface area contributed by atoms with Crippen molar-refractivity contribution in [3.63, 3.8) is 0 Å². The Bertz CT molecular complexity index is 399. The standard InChI is InChI=1S/C13H22N4O2/c1-17-9-8-15-12(17)13(18)16-5-2-10-19-11-3-6-14-7-4-11/h8-9,11,14H,2-7,10H2,1H3,(H,16,18). The molecule has 0 unspecified atom stereocenters. The van der Waals surface area contributed by atoms with E-state index in [4.69, 9.17) is 4.74 Å². The van der Waals surface area contributed by atoms with E-state index in [-0.39, 0.29) is 5.91 Å². The number of hydrogen-bond acceptors (Lipinski definition) is 4. The van der Waals surface area contributed by atoms with Gasteiger partial charge in [0.1, 0.15) is 0 Å². The monoisotopic (exact) mass is 266 g/mol. The van der Waals surface area contributed by atoms with Gasteiger partial charge in [-0.05, 0) is 32.4 Å². The number of carbonyl (C=O) groups excluding carboxylic acids is 1. The molecule has 2 rings (SSSR count). The van der Waals surface area contributed by atoms with Gasteiger partial charge in [-0.15, -0.1) is 0 Å². The van der Waals surface area contributed by atoms with Crippen molar-refractivity contribution >= 4 is 5.91 Å². The van der Waals surface area contributed by atoms with E-state index in [9.17, 15) is 4.79 Å². The Balaban J connectivity index is 1.56. The largest absolute Gasteiger partial charge is 0.378 e. The van der Waals surface area contributed by atoms with E-state index in [0.29, 0.717) is 25.1 Å². The average molecular weight is 266 g/mol. The Morgan fingerprint density at radius 3 is 3.05 bits per heavy atom. The minimum atomic E-state index is -0.130.